The second kappa shape index (κ2) is 13.0. The number of ether oxygens (including phenoxy) is 1. The summed E-state index contributed by atoms with van der Waals surface area (Å²) >= 11 is 0. The van der Waals surface area contributed by atoms with E-state index in [-0.39, 0.29) is 18.4 Å². The van der Waals surface area contributed by atoms with Crippen LogP contribution in [0.25, 0.3) is 43.1 Å². The zero-order valence-corrected chi connectivity index (χ0v) is 28.8. The number of allylic oxidation sites excluding steroid dienone is 6. The quantitative estimate of drug-likeness (QED) is 0.0517. The van der Waals surface area contributed by atoms with Crippen LogP contribution < -0.4 is 4.90 Å². The Morgan fingerprint density at radius 1 is 0.784 bits per heavy atom. The SMILES string of the molecule is CC1(C)C(/C=C/C=C/C=C2/Cc3c(c4ccccc4c4ccccc34)N2CCOC=O)=[N+](CCC(=O)O)c2c1c1ccccc1c1ccccc21. The molecule has 0 atom stereocenters. The number of anilines is 1. The van der Waals surface area contributed by atoms with Crippen molar-refractivity contribution in [3.63, 3.8) is 0 Å². The minimum atomic E-state index is -0.817. The van der Waals surface area contributed by atoms with Crippen molar-refractivity contribution in [3.05, 3.63) is 144 Å². The number of carboxylic acids is 1. The van der Waals surface area contributed by atoms with Crippen molar-refractivity contribution in [2.75, 3.05) is 24.6 Å². The molecule has 6 aromatic rings. The van der Waals surface area contributed by atoms with Gasteiger partial charge < -0.3 is 14.7 Å². The third-order valence-electron chi connectivity index (χ3n) is 10.5. The average Bonchev–Trinajstić information content (AvgIpc) is 3.62. The molecule has 6 aromatic carbocycles. The van der Waals surface area contributed by atoms with Crippen LogP contribution in [0.5, 0.6) is 0 Å². The lowest BCUT2D eigenvalue weighted by Gasteiger charge is -2.23. The van der Waals surface area contributed by atoms with E-state index < -0.39 is 5.97 Å². The van der Waals surface area contributed by atoms with Crippen molar-refractivity contribution in [1.82, 2.24) is 0 Å². The number of carbonyl (C=O) groups excluding carboxylic acids is 1. The van der Waals surface area contributed by atoms with E-state index in [0.29, 0.717) is 19.6 Å². The summed E-state index contributed by atoms with van der Waals surface area (Å²) < 4.78 is 7.40. The van der Waals surface area contributed by atoms with Crippen molar-refractivity contribution < 1.29 is 24.0 Å². The highest BCUT2D eigenvalue weighted by Gasteiger charge is 2.46. The Labute approximate surface area is 296 Å². The van der Waals surface area contributed by atoms with E-state index in [1.165, 1.54) is 54.5 Å². The fraction of sp³-hybridized carbons (Fsp3) is 0.178. The van der Waals surface area contributed by atoms with Gasteiger partial charge in [0.15, 0.2) is 12.3 Å². The van der Waals surface area contributed by atoms with E-state index in [2.05, 4.69) is 145 Å². The van der Waals surface area contributed by atoms with Crippen LogP contribution in [0.1, 0.15) is 31.4 Å². The van der Waals surface area contributed by atoms with E-state index in [9.17, 15) is 14.7 Å². The standard InChI is InChI=1S/C45H38N2O4/c1-45(2)40(47(25-24-41(49)50)44-38-22-13-10-18-34(38)32-16-8-11-20-36(32)42(44)45)23-5-3-4-14-30-28-39-35-19-7-6-15-31(35)33-17-9-12-21-37(33)43(39)46(30)26-27-51-29-48/h3-23,29H,24-28H2,1-2H3/p+1. The molecule has 51 heavy (non-hydrogen) atoms. The molecule has 2 heterocycles. The minimum absolute atomic E-state index is 0.0313. The number of hydrogen-bond acceptors (Lipinski definition) is 4. The molecule has 0 aromatic heterocycles. The lowest BCUT2D eigenvalue weighted by atomic mass is 9.78. The first-order valence-corrected chi connectivity index (χ1v) is 17.5. The summed E-state index contributed by atoms with van der Waals surface area (Å²) in [5, 5.41) is 19.3. The van der Waals surface area contributed by atoms with Gasteiger partial charge in [0.25, 0.3) is 6.47 Å². The number of benzene rings is 6. The van der Waals surface area contributed by atoms with Crippen molar-refractivity contribution in [1.29, 1.82) is 0 Å². The van der Waals surface area contributed by atoms with E-state index in [4.69, 9.17) is 4.74 Å². The van der Waals surface area contributed by atoms with Crippen molar-refractivity contribution in [2.45, 2.75) is 32.1 Å². The predicted octanol–water partition coefficient (Wildman–Crippen LogP) is 9.38. The minimum Gasteiger partial charge on any atom is -0.481 e. The Morgan fingerprint density at radius 2 is 1.35 bits per heavy atom. The molecule has 0 amide bonds. The van der Waals surface area contributed by atoms with Gasteiger partial charge in [-0.05, 0) is 63.9 Å². The van der Waals surface area contributed by atoms with Crippen LogP contribution >= 0.6 is 0 Å². The van der Waals surface area contributed by atoms with Gasteiger partial charge in [0.2, 0.25) is 5.69 Å². The summed E-state index contributed by atoms with van der Waals surface area (Å²) in [7, 11) is 0. The smallest absolute Gasteiger partial charge is 0.309 e. The van der Waals surface area contributed by atoms with Gasteiger partial charge in [-0.25, -0.2) is 0 Å². The van der Waals surface area contributed by atoms with Gasteiger partial charge in [-0.3, -0.25) is 9.59 Å². The van der Waals surface area contributed by atoms with Gasteiger partial charge in [0.05, 0.1) is 23.0 Å². The summed E-state index contributed by atoms with van der Waals surface area (Å²) in [5.74, 6) is -0.817. The van der Waals surface area contributed by atoms with Crippen molar-refractivity contribution >= 4 is 72.6 Å². The molecule has 0 fully saturated rings. The average molecular weight is 672 g/mol. The molecule has 252 valence electrons. The maximum Gasteiger partial charge on any atom is 0.309 e. The molecule has 6 nitrogen and oxygen atoms in total. The topological polar surface area (TPSA) is 69.8 Å². The predicted molar refractivity (Wildman–Crippen MR) is 207 cm³/mol. The lowest BCUT2D eigenvalue weighted by Crippen LogP contribution is -2.28. The molecule has 8 rings (SSSR count). The maximum absolute atomic E-state index is 11.9. The molecule has 0 spiro atoms. The molecule has 0 saturated carbocycles. The number of fused-ring (bicyclic) bond motifs is 12. The fourth-order valence-electron chi connectivity index (χ4n) is 8.44. The van der Waals surface area contributed by atoms with Gasteiger partial charge >= 0.3 is 5.97 Å². The van der Waals surface area contributed by atoms with Crippen LogP contribution in [0.3, 0.4) is 0 Å². The fourth-order valence-corrected chi connectivity index (χ4v) is 8.44. The van der Waals surface area contributed by atoms with Gasteiger partial charge in [0.1, 0.15) is 13.0 Å². The molecule has 0 radical (unpaired) electrons. The normalized spacial score (nSPS) is 16.0. The van der Waals surface area contributed by atoms with E-state index in [0.717, 1.165) is 28.9 Å². The van der Waals surface area contributed by atoms with Gasteiger partial charge in [-0.1, -0.05) is 109 Å². The summed E-state index contributed by atoms with van der Waals surface area (Å²) in [6.45, 7) is 6.20. The highest BCUT2D eigenvalue weighted by molar-refractivity contribution is 6.19. The number of hydrogen-bond donors (Lipinski definition) is 1. The zero-order valence-electron chi connectivity index (χ0n) is 28.8. The molecular formula is C45H39N2O4+. The van der Waals surface area contributed by atoms with Gasteiger partial charge in [0, 0.05) is 29.1 Å². The van der Waals surface area contributed by atoms with E-state index >= 15 is 0 Å². The third kappa shape index (κ3) is 5.39. The number of carboxylic acid groups (broad SMARTS) is 1. The molecule has 2 aliphatic heterocycles. The molecule has 0 bridgehead atoms. The Hall–Kier alpha value is -6.01. The van der Waals surface area contributed by atoms with Crippen LogP contribution in [-0.2, 0) is 26.2 Å². The Balaban J connectivity index is 1.19. The molecule has 0 saturated heterocycles. The summed E-state index contributed by atoms with van der Waals surface area (Å²) in [6, 6.07) is 34.1. The summed E-state index contributed by atoms with van der Waals surface area (Å²) in [5.41, 5.74) is 6.60. The van der Waals surface area contributed by atoms with Crippen molar-refractivity contribution in [3.8, 4) is 0 Å². The summed E-state index contributed by atoms with van der Waals surface area (Å²) in [6.07, 6.45) is 11.3. The van der Waals surface area contributed by atoms with Crippen LogP contribution in [0.2, 0.25) is 0 Å². The molecule has 1 N–H and O–H groups in total. The Kier molecular flexibility index (Phi) is 8.23. The monoisotopic (exact) mass is 671 g/mol. The number of carbonyl (C=O) groups is 2. The van der Waals surface area contributed by atoms with Crippen LogP contribution in [-0.4, -0.2) is 47.5 Å². The molecular weight excluding hydrogens is 633 g/mol. The number of rotatable bonds is 10. The number of aliphatic carboxylic acids is 1. The first-order chi connectivity index (χ1) is 24.9. The van der Waals surface area contributed by atoms with E-state index in [1.54, 1.807) is 0 Å². The highest BCUT2D eigenvalue weighted by Crippen LogP contribution is 2.49. The zero-order chi connectivity index (χ0) is 35.1. The third-order valence-corrected chi connectivity index (χ3v) is 10.5. The van der Waals surface area contributed by atoms with Crippen LogP contribution in [0, 0.1) is 0 Å². The Bertz CT molecular complexity index is 2520. The molecule has 6 heteroatoms. The molecule has 0 unspecified atom stereocenters. The summed E-state index contributed by atoms with van der Waals surface area (Å²) in [4.78, 5) is 25.2. The molecule has 0 aliphatic carbocycles. The molecule has 2 aliphatic rings. The van der Waals surface area contributed by atoms with E-state index in [1.807, 2.05) is 6.08 Å². The second-order valence-electron chi connectivity index (χ2n) is 13.7. The number of nitrogens with zero attached hydrogens (tertiary/aromatic N) is 2. The maximum atomic E-state index is 11.9. The van der Waals surface area contributed by atoms with Crippen LogP contribution in [0.4, 0.5) is 11.4 Å². The van der Waals surface area contributed by atoms with Crippen LogP contribution in [0.15, 0.2) is 133 Å². The second-order valence-corrected chi connectivity index (χ2v) is 13.7. The highest BCUT2D eigenvalue weighted by atomic mass is 16.5. The van der Waals surface area contributed by atoms with Gasteiger partial charge in [-0.2, -0.15) is 4.58 Å². The Morgan fingerprint density at radius 3 is 2.02 bits per heavy atom. The first-order valence-electron chi connectivity index (χ1n) is 17.5. The lowest BCUT2D eigenvalue weighted by molar-refractivity contribution is -0.435. The first kappa shape index (κ1) is 32.2. The van der Waals surface area contributed by atoms with Gasteiger partial charge in [-0.15, -0.1) is 0 Å². The van der Waals surface area contributed by atoms with Crippen molar-refractivity contribution in [2.24, 2.45) is 0 Å². The largest absolute Gasteiger partial charge is 0.481 e.